The molecule has 9 aromatic rings. The van der Waals surface area contributed by atoms with E-state index in [1.54, 1.807) is 0 Å². The third-order valence-corrected chi connectivity index (χ3v) is 10.7. The number of hydrogen-bond donors (Lipinski definition) is 0. The molecule has 0 radical (unpaired) electrons. The van der Waals surface area contributed by atoms with E-state index in [2.05, 4.69) is 128 Å². The molecule has 0 atom stereocenters. The first kappa shape index (κ1) is 30.2. The molecule has 0 saturated heterocycles. The van der Waals surface area contributed by atoms with Crippen molar-refractivity contribution in [3.63, 3.8) is 0 Å². The van der Waals surface area contributed by atoms with Gasteiger partial charge in [0.25, 0.3) is 0 Å². The molecular weight excluding hydrogens is 633 g/mol. The predicted octanol–water partition coefficient (Wildman–Crippen LogP) is 11.9. The highest BCUT2D eigenvalue weighted by atomic mass is 15.0. The van der Waals surface area contributed by atoms with E-state index >= 15 is 0 Å². The summed E-state index contributed by atoms with van der Waals surface area (Å²) in [5, 5.41) is 2.47. The third-order valence-electron chi connectivity index (χ3n) is 10.7. The molecule has 0 saturated carbocycles. The highest BCUT2D eigenvalue weighted by Gasteiger charge is 2.36. The zero-order chi connectivity index (χ0) is 34.8. The van der Waals surface area contributed by atoms with Crippen molar-refractivity contribution in [3.8, 4) is 62.1 Å². The van der Waals surface area contributed by atoms with E-state index < -0.39 is 0 Å². The summed E-state index contributed by atoms with van der Waals surface area (Å²) in [5.74, 6) is 1.92. The second-order valence-corrected chi connectivity index (χ2v) is 14.1. The van der Waals surface area contributed by atoms with E-state index in [4.69, 9.17) is 15.0 Å². The first-order chi connectivity index (χ1) is 25.5. The molecule has 0 bridgehead atoms. The highest BCUT2D eigenvalue weighted by molar-refractivity contribution is 6.12. The van der Waals surface area contributed by atoms with Gasteiger partial charge in [-0.1, -0.05) is 159 Å². The summed E-state index contributed by atoms with van der Waals surface area (Å²) in [6.45, 7) is 4.70. The quantitative estimate of drug-likeness (QED) is 0.184. The Labute approximate surface area is 302 Å². The van der Waals surface area contributed by atoms with Gasteiger partial charge in [0.05, 0.1) is 16.7 Å². The van der Waals surface area contributed by atoms with Crippen LogP contribution in [0.3, 0.4) is 0 Å². The maximum absolute atomic E-state index is 5.11. The fraction of sp³-hybridized carbons (Fsp3) is 0.0625. The average Bonchev–Trinajstić information content (AvgIpc) is 3.65. The van der Waals surface area contributed by atoms with Crippen molar-refractivity contribution < 1.29 is 0 Å². The molecule has 0 fully saturated rings. The molecule has 4 heteroatoms. The van der Waals surface area contributed by atoms with Gasteiger partial charge in [-0.25, -0.2) is 15.0 Å². The monoisotopic (exact) mass is 666 g/mol. The number of para-hydroxylation sites is 1. The zero-order valence-electron chi connectivity index (χ0n) is 29.0. The van der Waals surface area contributed by atoms with Gasteiger partial charge in [-0.2, -0.15) is 0 Å². The lowest BCUT2D eigenvalue weighted by Gasteiger charge is -2.22. The van der Waals surface area contributed by atoms with Crippen molar-refractivity contribution in [3.05, 3.63) is 181 Å². The Kier molecular flexibility index (Phi) is 6.80. The normalized spacial score (nSPS) is 13.0. The van der Waals surface area contributed by atoms with Crippen LogP contribution >= 0.6 is 0 Å². The Morgan fingerprint density at radius 1 is 0.385 bits per heavy atom. The molecule has 0 aliphatic heterocycles. The summed E-state index contributed by atoms with van der Waals surface area (Å²) in [6.07, 6.45) is 0. The van der Waals surface area contributed by atoms with Crippen molar-refractivity contribution in [1.29, 1.82) is 0 Å². The van der Waals surface area contributed by atoms with Gasteiger partial charge >= 0.3 is 0 Å². The predicted molar refractivity (Wildman–Crippen MR) is 213 cm³/mol. The Morgan fingerprint density at radius 3 is 1.62 bits per heavy atom. The van der Waals surface area contributed by atoms with Crippen LogP contribution in [0.4, 0.5) is 0 Å². The maximum Gasteiger partial charge on any atom is 0.164 e. The van der Waals surface area contributed by atoms with Gasteiger partial charge in [0, 0.05) is 38.4 Å². The van der Waals surface area contributed by atoms with Gasteiger partial charge in [-0.05, 0) is 52.1 Å². The number of rotatable bonds is 5. The molecule has 0 amide bonds. The average molecular weight is 667 g/mol. The van der Waals surface area contributed by atoms with Crippen LogP contribution in [0.2, 0.25) is 0 Å². The fourth-order valence-corrected chi connectivity index (χ4v) is 8.08. The smallest absolute Gasteiger partial charge is 0.164 e. The van der Waals surface area contributed by atoms with Crippen LogP contribution in [0.1, 0.15) is 25.0 Å². The summed E-state index contributed by atoms with van der Waals surface area (Å²) in [7, 11) is 0. The van der Waals surface area contributed by atoms with Crippen molar-refractivity contribution >= 4 is 21.8 Å². The van der Waals surface area contributed by atoms with Crippen LogP contribution in [-0.2, 0) is 5.41 Å². The molecule has 2 heterocycles. The second-order valence-electron chi connectivity index (χ2n) is 14.1. The lowest BCUT2D eigenvalue weighted by molar-refractivity contribution is 0.661. The summed E-state index contributed by atoms with van der Waals surface area (Å²) >= 11 is 0. The molecule has 1 aliphatic carbocycles. The van der Waals surface area contributed by atoms with Crippen molar-refractivity contribution in [1.82, 2.24) is 19.5 Å². The molecule has 10 rings (SSSR count). The standard InChI is InChI=1S/C48H34N4/c1-48(2)40-24-14-12-22-36(40)38-29-39-37-23-13-15-25-42(37)52(44(39)30-41(38)48)43-28-34(26-27-35(43)31-16-6-3-7-17-31)47-50-45(32-18-8-4-9-19-32)49-46(51-47)33-20-10-5-11-21-33/h3-30H,1-2H3. The van der Waals surface area contributed by atoms with Gasteiger partial charge < -0.3 is 4.57 Å². The molecule has 0 unspecified atom stereocenters. The van der Waals surface area contributed by atoms with E-state index in [0.29, 0.717) is 17.5 Å². The van der Waals surface area contributed by atoms with Crippen LogP contribution in [0, 0.1) is 0 Å². The second kappa shape index (κ2) is 11.7. The zero-order valence-corrected chi connectivity index (χ0v) is 29.0. The molecule has 246 valence electrons. The molecule has 7 aromatic carbocycles. The lowest BCUT2D eigenvalue weighted by atomic mass is 9.82. The minimum Gasteiger partial charge on any atom is -0.309 e. The first-order valence-corrected chi connectivity index (χ1v) is 17.8. The molecule has 1 aliphatic rings. The largest absolute Gasteiger partial charge is 0.309 e. The fourth-order valence-electron chi connectivity index (χ4n) is 8.08. The number of aromatic nitrogens is 4. The SMILES string of the molecule is CC1(C)c2ccccc2-c2cc3c4ccccc4n(-c4cc(-c5nc(-c6ccccc6)nc(-c6ccccc6)n5)ccc4-c4ccccc4)c3cc21. The van der Waals surface area contributed by atoms with E-state index in [0.717, 1.165) is 39.0 Å². The van der Waals surface area contributed by atoms with Crippen LogP contribution in [0.15, 0.2) is 170 Å². The van der Waals surface area contributed by atoms with Crippen molar-refractivity contribution in [2.75, 3.05) is 0 Å². The van der Waals surface area contributed by atoms with E-state index in [1.165, 1.54) is 38.5 Å². The van der Waals surface area contributed by atoms with E-state index in [9.17, 15) is 0 Å². The van der Waals surface area contributed by atoms with Gasteiger partial charge in [0.2, 0.25) is 0 Å². The third kappa shape index (κ3) is 4.72. The first-order valence-electron chi connectivity index (χ1n) is 17.8. The van der Waals surface area contributed by atoms with Crippen LogP contribution < -0.4 is 0 Å². The molecule has 0 spiro atoms. The topological polar surface area (TPSA) is 43.6 Å². The van der Waals surface area contributed by atoms with Gasteiger partial charge in [0.1, 0.15) is 0 Å². The van der Waals surface area contributed by atoms with Crippen molar-refractivity contribution in [2.24, 2.45) is 0 Å². The minimum atomic E-state index is -0.127. The number of nitrogens with zero attached hydrogens (tertiary/aromatic N) is 4. The summed E-state index contributed by atoms with van der Waals surface area (Å²) < 4.78 is 2.45. The van der Waals surface area contributed by atoms with Gasteiger partial charge in [-0.3, -0.25) is 0 Å². The van der Waals surface area contributed by atoms with E-state index in [1.807, 2.05) is 60.7 Å². The number of hydrogen-bond acceptors (Lipinski definition) is 3. The molecule has 4 nitrogen and oxygen atoms in total. The van der Waals surface area contributed by atoms with Crippen LogP contribution in [0.5, 0.6) is 0 Å². The summed E-state index contributed by atoms with van der Waals surface area (Å²) in [6, 6.07) is 60.1. The Hall–Kier alpha value is -6.65. The Bertz CT molecular complexity index is 2740. The molecule has 52 heavy (non-hydrogen) atoms. The number of fused-ring (bicyclic) bond motifs is 6. The maximum atomic E-state index is 5.11. The lowest BCUT2D eigenvalue weighted by Crippen LogP contribution is -2.15. The molecule has 0 N–H and O–H groups in total. The van der Waals surface area contributed by atoms with Crippen LogP contribution in [-0.4, -0.2) is 19.5 Å². The van der Waals surface area contributed by atoms with Crippen molar-refractivity contribution in [2.45, 2.75) is 19.3 Å². The molecular formula is C48H34N4. The highest BCUT2D eigenvalue weighted by Crippen LogP contribution is 2.51. The van der Waals surface area contributed by atoms with E-state index in [-0.39, 0.29) is 5.41 Å². The summed E-state index contributed by atoms with van der Waals surface area (Å²) in [4.78, 5) is 15.2. The van der Waals surface area contributed by atoms with Gasteiger partial charge in [0.15, 0.2) is 17.5 Å². The number of benzene rings is 7. The van der Waals surface area contributed by atoms with Gasteiger partial charge in [-0.15, -0.1) is 0 Å². The van der Waals surface area contributed by atoms with Crippen LogP contribution in [0.25, 0.3) is 83.9 Å². The summed E-state index contributed by atoms with van der Waals surface area (Å²) in [5.41, 5.74) is 13.8. The molecule has 2 aromatic heterocycles. The minimum absolute atomic E-state index is 0.127. The Balaban J connectivity index is 1.26. The Morgan fingerprint density at radius 2 is 0.942 bits per heavy atom.